The minimum Gasteiger partial charge on any atom is -0.497 e. The van der Waals surface area contributed by atoms with Crippen molar-refractivity contribution in [1.29, 1.82) is 0 Å². The van der Waals surface area contributed by atoms with Crippen molar-refractivity contribution in [2.24, 2.45) is 0 Å². The van der Waals surface area contributed by atoms with Crippen molar-refractivity contribution in [2.45, 2.75) is 0 Å². The van der Waals surface area contributed by atoms with Gasteiger partial charge in [-0.1, -0.05) is 0 Å². The highest BCUT2D eigenvalue weighted by atomic mass is 16.5. The van der Waals surface area contributed by atoms with E-state index in [9.17, 15) is 9.59 Å². The van der Waals surface area contributed by atoms with Gasteiger partial charge >= 0.3 is 5.97 Å². The minimum atomic E-state index is -0.639. The molecule has 0 radical (unpaired) electrons. The largest absolute Gasteiger partial charge is 0.497 e. The van der Waals surface area contributed by atoms with Gasteiger partial charge in [0.15, 0.2) is 6.61 Å². The smallest absolute Gasteiger partial charge is 0.338 e. The molecule has 138 valence electrons. The van der Waals surface area contributed by atoms with Gasteiger partial charge in [-0.3, -0.25) is 4.79 Å². The summed E-state index contributed by atoms with van der Waals surface area (Å²) < 4.78 is 15.3. The zero-order chi connectivity index (χ0) is 19.1. The van der Waals surface area contributed by atoms with E-state index in [1.807, 2.05) is 31.1 Å². The second kappa shape index (κ2) is 8.75. The third-order valence-corrected chi connectivity index (χ3v) is 3.59. The number of nitrogens with one attached hydrogen (secondary N) is 1. The SMILES string of the molecule is COc1cc(OC)cc(C(=O)OCC(=O)Nc2ccc(N(C)C)cc2)c1. The number of benzene rings is 2. The van der Waals surface area contributed by atoms with Crippen LogP contribution < -0.4 is 19.7 Å². The Morgan fingerprint density at radius 2 is 1.54 bits per heavy atom. The molecule has 7 heteroatoms. The number of hydrogen-bond donors (Lipinski definition) is 1. The summed E-state index contributed by atoms with van der Waals surface area (Å²) in [6, 6.07) is 12.0. The molecule has 0 bridgehead atoms. The molecule has 0 aliphatic carbocycles. The second-order valence-corrected chi connectivity index (χ2v) is 5.67. The van der Waals surface area contributed by atoms with Crippen LogP contribution in [0.1, 0.15) is 10.4 Å². The molecule has 0 aromatic heterocycles. The molecule has 1 amide bonds. The Morgan fingerprint density at radius 1 is 0.962 bits per heavy atom. The molecule has 1 N–H and O–H groups in total. The van der Waals surface area contributed by atoms with Crippen LogP contribution in [0.25, 0.3) is 0 Å². The van der Waals surface area contributed by atoms with Crippen LogP contribution in [-0.4, -0.2) is 46.8 Å². The second-order valence-electron chi connectivity index (χ2n) is 5.67. The molecule has 0 heterocycles. The van der Waals surface area contributed by atoms with Crippen LogP contribution in [0.2, 0.25) is 0 Å². The highest BCUT2D eigenvalue weighted by Crippen LogP contribution is 2.23. The lowest BCUT2D eigenvalue weighted by Crippen LogP contribution is -2.21. The quantitative estimate of drug-likeness (QED) is 0.767. The summed E-state index contributed by atoms with van der Waals surface area (Å²) in [6.45, 7) is -0.395. The Hall–Kier alpha value is -3.22. The summed E-state index contributed by atoms with van der Waals surface area (Å²) in [6.07, 6.45) is 0. The van der Waals surface area contributed by atoms with Crippen molar-refractivity contribution in [1.82, 2.24) is 0 Å². The van der Waals surface area contributed by atoms with Gasteiger partial charge in [0.05, 0.1) is 19.8 Å². The van der Waals surface area contributed by atoms with E-state index in [-0.39, 0.29) is 5.56 Å². The van der Waals surface area contributed by atoms with E-state index in [4.69, 9.17) is 14.2 Å². The zero-order valence-corrected chi connectivity index (χ0v) is 15.2. The summed E-state index contributed by atoms with van der Waals surface area (Å²) in [5, 5.41) is 2.68. The van der Waals surface area contributed by atoms with E-state index in [0.717, 1.165) is 5.69 Å². The van der Waals surface area contributed by atoms with Gasteiger partial charge in [0.25, 0.3) is 5.91 Å². The minimum absolute atomic E-state index is 0.240. The number of nitrogens with zero attached hydrogens (tertiary/aromatic N) is 1. The summed E-state index contributed by atoms with van der Waals surface area (Å²) in [5.41, 5.74) is 1.88. The number of amides is 1. The maximum Gasteiger partial charge on any atom is 0.338 e. The van der Waals surface area contributed by atoms with Gasteiger partial charge in [0, 0.05) is 31.5 Å². The fourth-order valence-corrected chi connectivity index (χ4v) is 2.18. The van der Waals surface area contributed by atoms with Gasteiger partial charge in [-0.15, -0.1) is 0 Å². The first kappa shape index (κ1) is 19.1. The number of methoxy groups -OCH3 is 2. The number of carbonyl (C=O) groups excluding carboxylic acids is 2. The van der Waals surface area contributed by atoms with Gasteiger partial charge in [-0.05, 0) is 36.4 Å². The highest BCUT2D eigenvalue weighted by molar-refractivity contribution is 5.96. The topological polar surface area (TPSA) is 77.1 Å². The average molecular weight is 358 g/mol. The van der Waals surface area contributed by atoms with Crippen LogP contribution in [0, 0.1) is 0 Å². The summed E-state index contributed by atoms with van der Waals surface area (Å²) >= 11 is 0. The standard InChI is InChI=1S/C19H22N2O5/c1-21(2)15-7-5-14(6-8-15)20-18(22)12-26-19(23)13-9-16(24-3)11-17(10-13)25-4/h5-11H,12H2,1-4H3,(H,20,22). The van der Waals surface area contributed by atoms with E-state index in [1.54, 1.807) is 18.2 Å². The Labute approximate surface area is 152 Å². The molecule has 2 aromatic rings. The van der Waals surface area contributed by atoms with Crippen LogP contribution in [-0.2, 0) is 9.53 Å². The van der Waals surface area contributed by atoms with Crippen LogP contribution in [0.15, 0.2) is 42.5 Å². The lowest BCUT2D eigenvalue weighted by Gasteiger charge is -2.13. The van der Waals surface area contributed by atoms with Gasteiger partial charge < -0.3 is 24.4 Å². The maximum atomic E-state index is 12.1. The summed E-state index contributed by atoms with van der Waals surface area (Å²) in [4.78, 5) is 26.1. The van der Waals surface area contributed by atoms with Crippen molar-refractivity contribution in [2.75, 3.05) is 45.1 Å². The fourth-order valence-electron chi connectivity index (χ4n) is 2.18. The van der Waals surface area contributed by atoms with Crippen LogP contribution in [0.3, 0.4) is 0 Å². The van der Waals surface area contributed by atoms with Gasteiger partial charge in [0.1, 0.15) is 11.5 Å². The molecule has 2 aromatic carbocycles. The Morgan fingerprint density at radius 3 is 2.04 bits per heavy atom. The molecule has 0 atom stereocenters. The molecule has 0 saturated carbocycles. The lowest BCUT2D eigenvalue weighted by atomic mass is 10.2. The third-order valence-electron chi connectivity index (χ3n) is 3.59. The molecule has 0 saturated heterocycles. The molecule has 0 aliphatic rings. The summed E-state index contributed by atoms with van der Waals surface area (Å²) in [7, 11) is 6.83. The Kier molecular flexibility index (Phi) is 6.43. The van der Waals surface area contributed by atoms with Gasteiger partial charge in [-0.25, -0.2) is 4.79 Å². The van der Waals surface area contributed by atoms with E-state index in [1.165, 1.54) is 26.4 Å². The zero-order valence-electron chi connectivity index (χ0n) is 15.2. The van der Waals surface area contributed by atoms with E-state index in [0.29, 0.717) is 17.2 Å². The van der Waals surface area contributed by atoms with Crippen LogP contribution in [0.5, 0.6) is 11.5 Å². The molecule has 2 rings (SSSR count). The van der Waals surface area contributed by atoms with Crippen molar-refractivity contribution in [3.05, 3.63) is 48.0 Å². The first-order chi connectivity index (χ1) is 12.4. The predicted molar refractivity (Wildman–Crippen MR) is 99.2 cm³/mol. The molecule has 0 aliphatic heterocycles. The molecule has 7 nitrogen and oxygen atoms in total. The average Bonchev–Trinajstić information content (AvgIpc) is 2.65. The molecular formula is C19H22N2O5. The number of hydrogen-bond acceptors (Lipinski definition) is 6. The first-order valence-electron chi connectivity index (χ1n) is 7.90. The van der Waals surface area contributed by atoms with Crippen molar-refractivity contribution in [3.63, 3.8) is 0 Å². The number of ether oxygens (including phenoxy) is 3. The van der Waals surface area contributed by atoms with E-state index >= 15 is 0 Å². The Bertz CT molecular complexity index is 750. The number of carbonyl (C=O) groups is 2. The maximum absolute atomic E-state index is 12.1. The number of esters is 1. The number of rotatable bonds is 7. The van der Waals surface area contributed by atoms with Crippen molar-refractivity contribution >= 4 is 23.3 Å². The molecule has 0 spiro atoms. The van der Waals surface area contributed by atoms with E-state index < -0.39 is 18.5 Å². The molecule has 0 fully saturated rings. The molecular weight excluding hydrogens is 336 g/mol. The lowest BCUT2D eigenvalue weighted by molar-refractivity contribution is -0.119. The molecule has 0 unspecified atom stereocenters. The van der Waals surface area contributed by atoms with Crippen LogP contribution >= 0.6 is 0 Å². The predicted octanol–water partition coefficient (Wildman–Crippen LogP) is 2.57. The Balaban J connectivity index is 1.93. The van der Waals surface area contributed by atoms with E-state index in [2.05, 4.69) is 5.32 Å². The fraction of sp³-hybridized carbons (Fsp3) is 0.263. The highest BCUT2D eigenvalue weighted by Gasteiger charge is 2.13. The number of anilines is 2. The molecule has 26 heavy (non-hydrogen) atoms. The monoisotopic (exact) mass is 358 g/mol. The summed E-state index contributed by atoms with van der Waals surface area (Å²) in [5.74, 6) is -0.144. The van der Waals surface area contributed by atoms with Crippen molar-refractivity contribution < 1.29 is 23.8 Å². The van der Waals surface area contributed by atoms with Crippen molar-refractivity contribution in [3.8, 4) is 11.5 Å². The first-order valence-corrected chi connectivity index (χ1v) is 7.90. The van der Waals surface area contributed by atoms with Gasteiger partial charge in [-0.2, -0.15) is 0 Å². The normalized spacial score (nSPS) is 10.0. The van der Waals surface area contributed by atoms with Crippen LogP contribution in [0.4, 0.5) is 11.4 Å². The third kappa shape index (κ3) is 5.14. The van der Waals surface area contributed by atoms with Gasteiger partial charge in [0.2, 0.25) is 0 Å².